The smallest absolute Gasteiger partial charge is 0.336 e. The maximum atomic E-state index is 13.2. The topological polar surface area (TPSA) is 60.4 Å². The molecule has 0 aliphatic rings. The predicted molar refractivity (Wildman–Crippen MR) is 115 cm³/mol. The van der Waals surface area contributed by atoms with E-state index in [1.165, 1.54) is 6.07 Å². The zero-order chi connectivity index (χ0) is 20.4. The van der Waals surface area contributed by atoms with Crippen LogP contribution in [0.2, 0.25) is 0 Å². The highest BCUT2D eigenvalue weighted by Crippen LogP contribution is 2.35. The van der Waals surface area contributed by atoms with Crippen LogP contribution in [0.3, 0.4) is 0 Å². The van der Waals surface area contributed by atoms with E-state index in [9.17, 15) is 9.59 Å². The molecule has 4 rings (SSSR count). The minimum atomic E-state index is -0.392. The summed E-state index contributed by atoms with van der Waals surface area (Å²) in [7, 11) is 0. The highest BCUT2D eigenvalue weighted by atomic mass is 16.4. The summed E-state index contributed by atoms with van der Waals surface area (Å²) in [4.78, 5) is 25.3. The summed E-state index contributed by atoms with van der Waals surface area (Å²) in [6, 6.07) is 14.4. The molecule has 0 atom stereocenters. The number of carbonyl (C=O) groups excluding carboxylic acids is 1. The van der Waals surface area contributed by atoms with Crippen LogP contribution in [-0.2, 0) is 6.42 Å². The first-order chi connectivity index (χ1) is 14.1. The molecule has 0 spiro atoms. The summed E-state index contributed by atoms with van der Waals surface area (Å²) < 4.78 is 11.6. The Morgan fingerprint density at radius 2 is 1.76 bits per heavy atom. The predicted octanol–water partition coefficient (Wildman–Crippen LogP) is 6.20. The molecular formula is C25H24O4. The van der Waals surface area contributed by atoms with Crippen LogP contribution in [0.25, 0.3) is 21.9 Å². The summed E-state index contributed by atoms with van der Waals surface area (Å²) in [5.41, 5.74) is 2.97. The van der Waals surface area contributed by atoms with Crippen molar-refractivity contribution in [1.29, 1.82) is 0 Å². The molecule has 29 heavy (non-hydrogen) atoms. The third kappa shape index (κ3) is 3.63. The van der Waals surface area contributed by atoms with Gasteiger partial charge in [-0.15, -0.1) is 0 Å². The molecule has 4 heteroatoms. The highest BCUT2D eigenvalue weighted by molar-refractivity contribution is 6.14. The molecule has 4 nitrogen and oxygen atoms in total. The van der Waals surface area contributed by atoms with Gasteiger partial charge in [0.1, 0.15) is 11.2 Å². The van der Waals surface area contributed by atoms with E-state index < -0.39 is 5.63 Å². The fourth-order valence-corrected chi connectivity index (χ4v) is 3.89. The van der Waals surface area contributed by atoms with Gasteiger partial charge < -0.3 is 8.83 Å². The SMILES string of the molecule is CCCCCCc1c(C(=O)c2ccccc2)oc2ccc3c(C)cc(=O)oc3c12. The van der Waals surface area contributed by atoms with Crippen LogP contribution in [0, 0.1) is 6.92 Å². The van der Waals surface area contributed by atoms with Crippen molar-refractivity contribution in [1.82, 2.24) is 0 Å². The molecule has 2 aromatic heterocycles. The Morgan fingerprint density at radius 3 is 2.52 bits per heavy atom. The van der Waals surface area contributed by atoms with Crippen molar-refractivity contribution >= 4 is 27.7 Å². The van der Waals surface area contributed by atoms with Gasteiger partial charge in [-0.2, -0.15) is 0 Å². The van der Waals surface area contributed by atoms with E-state index >= 15 is 0 Å². The molecule has 0 aliphatic heterocycles. The molecule has 2 aromatic carbocycles. The van der Waals surface area contributed by atoms with E-state index in [-0.39, 0.29) is 5.78 Å². The average Bonchev–Trinajstić information content (AvgIpc) is 3.10. The van der Waals surface area contributed by atoms with Gasteiger partial charge >= 0.3 is 5.63 Å². The second-order valence-corrected chi connectivity index (χ2v) is 7.48. The lowest BCUT2D eigenvalue weighted by molar-refractivity contribution is 0.101. The number of hydrogen-bond donors (Lipinski definition) is 0. The molecule has 4 aromatic rings. The van der Waals surface area contributed by atoms with Gasteiger partial charge in [-0.3, -0.25) is 4.79 Å². The Kier molecular flexibility index (Phi) is 5.34. The van der Waals surface area contributed by atoms with Gasteiger partial charge in [-0.05, 0) is 37.5 Å². The van der Waals surface area contributed by atoms with E-state index in [1.54, 1.807) is 12.1 Å². The normalized spacial score (nSPS) is 11.4. The number of fused-ring (bicyclic) bond motifs is 3. The Hall–Kier alpha value is -3.14. The molecule has 0 aliphatic carbocycles. The maximum absolute atomic E-state index is 13.2. The van der Waals surface area contributed by atoms with Crippen molar-refractivity contribution < 1.29 is 13.6 Å². The quantitative estimate of drug-likeness (QED) is 0.215. The zero-order valence-corrected chi connectivity index (χ0v) is 16.8. The Morgan fingerprint density at radius 1 is 0.966 bits per heavy atom. The molecule has 0 saturated carbocycles. The molecule has 0 amide bonds. The Labute approximate surface area is 169 Å². The third-order valence-corrected chi connectivity index (χ3v) is 5.39. The van der Waals surface area contributed by atoms with Crippen molar-refractivity contribution in [3.05, 3.63) is 81.4 Å². The lowest BCUT2D eigenvalue weighted by Gasteiger charge is -2.05. The van der Waals surface area contributed by atoms with Crippen LogP contribution in [0.5, 0.6) is 0 Å². The molecule has 0 radical (unpaired) electrons. The van der Waals surface area contributed by atoms with Crippen LogP contribution >= 0.6 is 0 Å². The maximum Gasteiger partial charge on any atom is 0.336 e. The number of hydrogen-bond acceptors (Lipinski definition) is 4. The number of aryl methyl sites for hydroxylation is 2. The lowest BCUT2D eigenvalue weighted by atomic mass is 9.97. The molecule has 0 unspecified atom stereocenters. The van der Waals surface area contributed by atoms with Gasteiger partial charge in [0.15, 0.2) is 5.76 Å². The van der Waals surface area contributed by atoms with E-state index in [0.29, 0.717) is 28.9 Å². The van der Waals surface area contributed by atoms with Crippen LogP contribution in [0.4, 0.5) is 0 Å². The summed E-state index contributed by atoms with van der Waals surface area (Å²) in [5.74, 6) is 0.204. The van der Waals surface area contributed by atoms with Crippen LogP contribution in [0.15, 0.2) is 62.2 Å². The number of ketones is 1. The fraction of sp³-hybridized carbons (Fsp3) is 0.280. The lowest BCUT2D eigenvalue weighted by Crippen LogP contribution is -2.03. The average molecular weight is 388 g/mol. The first-order valence-electron chi connectivity index (χ1n) is 10.2. The number of unbranched alkanes of at least 4 members (excludes halogenated alkanes) is 3. The number of benzene rings is 2. The van der Waals surface area contributed by atoms with Crippen molar-refractivity contribution in [2.45, 2.75) is 46.0 Å². The summed E-state index contributed by atoms with van der Waals surface area (Å²) in [6.45, 7) is 4.06. The number of rotatable bonds is 7. The molecule has 0 fully saturated rings. The monoisotopic (exact) mass is 388 g/mol. The minimum absolute atomic E-state index is 0.143. The van der Waals surface area contributed by atoms with Crippen LogP contribution in [0.1, 0.15) is 59.9 Å². The van der Waals surface area contributed by atoms with Gasteiger partial charge in [0.25, 0.3) is 0 Å². The first-order valence-corrected chi connectivity index (χ1v) is 10.2. The van der Waals surface area contributed by atoms with Crippen molar-refractivity contribution in [2.75, 3.05) is 0 Å². The molecule has 0 bridgehead atoms. The standard InChI is InChI=1S/C25H24O4/c1-3-4-5-9-12-19-22-20(14-13-18-16(2)15-21(26)29-24(18)22)28-25(19)23(27)17-10-7-6-8-11-17/h6-8,10-11,13-15H,3-5,9,12H2,1-2H3. The Bertz CT molecular complexity index is 1230. The molecule has 0 saturated heterocycles. The number of carbonyl (C=O) groups is 1. The first kappa shape index (κ1) is 19.2. The van der Waals surface area contributed by atoms with Crippen molar-refractivity contribution in [3.8, 4) is 0 Å². The molecular weight excluding hydrogens is 364 g/mol. The second-order valence-electron chi connectivity index (χ2n) is 7.48. The van der Waals surface area contributed by atoms with Gasteiger partial charge in [0, 0.05) is 22.6 Å². The second kappa shape index (κ2) is 8.08. The van der Waals surface area contributed by atoms with Crippen molar-refractivity contribution in [2.24, 2.45) is 0 Å². The highest BCUT2D eigenvalue weighted by Gasteiger charge is 2.24. The number of furan rings is 1. The summed E-state index contributed by atoms with van der Waals surface area (Å²) in [6.07, 6.45) is 5.02. The van der Waals surface area contributed by atoms with E-state index in [0.717, 1.165) is 47.6 Å². The van der Waals surface area contributed by atoms with E-state index in [1.807, 2.05) is 37.3 Å². The molecule has 0 N–H and O–H groups in total. The van der Waals surface area contributed by atoms with Gasteiger partial charge in [0.2, 0.25) is 5.78 Å². The van der Waals surface area contributed by atoms with E-state index in [2.05, 4.69) is 6.92 Å². The van der Waals surface area contributed by atoms with Gasteiger partial charge in [-0.1, -0.05) is 56.5 Å². The minimum Gasteiger partial charge on any atom is -0.452 e. The molecule has 148 valence electrons. The van der Waals surface area contributed by atoms with Crippen LogP contribution < -0.4 is 5.63 Å². The summed E-state index contributed by atoms with van der Waals surface area (Å²) >= 11 is 0. The van der Waals surface area contributed by atoms with Gasteiger partial charge in [0.05, 0.1) is 5.39 Å². The molecule has 2 heterocycles. The summed E-state index contributed by atoms with van der Waals surface area (Å²) in [5, 5.41) is 1.62. The fourth-order valence-electron chi connectivity index (χ4n) is 3.89. The largest absolute Gasteiger partial charge is 0.452 e. The van der Waals surface area contributed by atoms with Crippen molar-refractivity contribution in [3.63, 3.8) is 0 Å². The van der Waals surface area contributed by atoms with Crippen LogP contribution in [-0.4, -0.2) is 5.78 Å². The van der Waals surface area contributed by atoms with Gasteiger partial charge in [-0.25, -0.2) is 4.79 Å². The third-order valence-electron chi connectivity index (χ3n) is 5.39. The zero-order valence-electron chi connectivity index (χ0n) is 16.8. The van der Waals surface area contributed by atoms with E-state index in [4.69, 9.17) is 8.83 Å². The Balaban J connectivity index is 1.94.